The predicted molar refractivity (Wildman–Crippen MR) is 85.1 cm³/mol. The van der Waals surface area contributed by atoms with Crippen LogP contribution in [0.1, 0.15) is 24.1 Å². The predicted octanol–water partition coefficient (Wildman–Crippen LogP) is 3.25. The van der Waals surface area contributed by atoms with Gasteiger partial charge < -0.3 is 14.8 Å². The summed E-state index contributed by atoms with van der Waals surface area (Å²) in [7, 11) is 3.62. The van der Waals surface area contributed by atoms with Gasteiger partial charge in [-0.3, -0.25) is 0 Å². The highest BCUT2D eigenvalue weighted by Crippen LogP contribution is 2.19. The van der Waals surface area contributed by atoms with E-state index in [1.165, 1.54) is 12.1 Å². The molecular weight excluding hydrogens is 300 g/mol. The molecule has 0 saturated heterocycles. The van der Waals surface area contributed by atoms with Crippen LogP contribution in [-0.2, 0) is 13.6 Å². The Morgan fingerprint density at radius 1 is 1.35 bits per heavy atom. The Bertz CT molecular complexity index is 684. The largest absolute Gasteiger partial charge is 0.353 e. The Hall–Kier alpha value is -2.37. The van der Waals surface area contributed by atoms with Gasteiger partial charge in [0.25, 0.3) is 0 Å². The molecule has 2 amide bonds. The van der Waals surface area contributed by atoms with E-state index >= 15 is 0 Å². The highest BCUT2D eigenvalue weighted by atomic mass is 19.1. The van der Waals surface area contributed by atoms with E-state index in [0.717, 1.165) is 11.8 Å². The molecule has 1 heterocycles. The van der Waals surface area contributed by atoms with Crippen LogP contribution in [0.4, 0.5) is 13.6 Å². The molecular formula is C17H21F2N3O. The van der Waals surface area contributed by atoms with E-state index in [0.29, 0.717) is 12.1 Å². The van der Waals surface area contributed by atoms with Crippen molar-refractivity contribution in [1.82, 2.24) is 14.8 Å². The van der Waals surface area contributed by atoms with Gasteiger partial charge in [-0.1, -0.05) is 13.0 Å². The first-order chi connectivity index (χ1) is 10.9. The second kappa shape index (κ2) is 7.26. The smallest absolute Gasteiger partial charge is 0.317 e. The Balaban J connectivity index is 1.89. The molecule has 0 spiro atoms. The average Bonchev–Trinajstić information content (AvgIpc) is 2.89. The number of carbonyl (C=O) groups is 1. The van der Waals surface area contributed by atoms with Crippen LogP contribution in [-0.4, -0.2) is 29.1 Å². The summed E-state index contributed by atoms with van der Waals surface area (Å²) in [5, 5.41) is 2.77. The van der Waals surface area contributed by atoms with Crippen LogP contribution in [0, 0.1) is 11.6 Å². The van der Waals surface area contributed by atoms with Gasteiger partial charge in [0, 0.05) is 44.5 Å². The lowest BCUT2D eigenvalue weighted by molar-refractivity contribution is 0.205. The molecule has 0 aliphatic carbocycles. The van der Waals surface area contributed by atoms with Crippen molar-refractivity contribution in [3.63, 3.8) is 0 Å². The molecule has 0 aliphatic heterocycles. The van der Waals surface area contributed by atoms with E-state index in [2.05, 4.69) is 5.32 Å². The zero-order valence-corrected chi connectivity index (χ0v) is 13.5. The van der Waals surface area contributed by atoms with Crippen LogP contribution in [0.5, 0.6) is 0 Å². The maximum absolute atomic E-state index is 13.7. The number of nitrogens with one attached hydrogen (secondary N) is 1. The van der Waals surface area contributed by atoms with Gasteiger partial charge >= 0.3 is 6.03 Å². The monoisotopic (exact) mass is 321 g/mol. The average molecular weight is 321 g/mol. The van der Waals surface area contributed by atoms with Gasteiger partial charge in [0.1, 0.15) is 11.6 Å². The van der Waals surface area contributed by atoms with Crippen molar-refractivity contribution in [2.45, 2.75) is 19.4 Å². The van der Waals surface area contributed by atoms with Crippen molar-refractivity contribution < 1.29 is 13.6 Å². The van der Waals surface area contributed by atoms with Crippen molar-refractivity contribution in [2.75, 3.05) is 13.6 Å². The van der Waals surface area contributed by atoms with Crippen LogP contribution < -0.4 is 5.32 Å². The summed E-state index contributed by atoms with van der Waals surface area (Å²) in [6.45, 7) is 2.54. The molecule has 0 radical (unpaired) electrons. The summed E-state index contributed by atoms with van der Waals surface area (Å²) in [4.78, 5) is 13.7. The fraction of sp³-hybridized carbons (Fsp3) is 0.353. The van der Waals surface area contributed by atoms with Crippen LogP contribution in [0.25, 0.3) is 0 Å². The van der Waals surface area contributed by atoms with Gasteiger partial charge in [0.05, 0.1) is 6.54 Å². The van der Waals surface area contributed by atoms with Crippen LogP contribution in [0.2, 0.25) is 0 Å². The van der Waals surface area contributed by atoms with Crippen molar-refractivity contribution in [3.05, 3.63) is 59.4 Å². The summed E-state index contributed by atoms with van der Waals surface area (Å²) in [5.41, 5.74) is 1.40. The number of hydrogen-bond donors (Lipinski definition) is 1. The number of aromatic nitrogens is 1. The third-order valence-electron chi connectivity index (χ3n) is 3.85. The first kappa shape index (κ1) is 17.0. The normalized spacial score (nSPS) is 12.0. The molecule has 0 saturated carbocycles. The Morgan fingerprint density at radius 2 is 2.09 bits per heavy atom. The van der Waals surface area contributed by atoms with Gasteiger partial charge in [-0.05, 0) is 23.8 Å². The number of halogens is 2. The lowest BCUT2D eigenvalue weighted by Gasteiger charge is -2.20. The van der Waals surface area contributed by atoms with Crippen LogP contribution >= 0.6 is 0 Å². The SMILES string of the molecule is CC(CNC(=O)N(C)Cc1cccn1C)c1ccc(F)cc1F. The standard InChI is InChI=1S/C17H21F2N3O/c1-12(15-7-6-13(18)9-16(15)19)10-20-17(23)22(3)11-14-5-4-8-21(14)2/h4-9,12H,10-11H2,1-3H3,(H,20,23). The molecule has 1 aromatic carbocycles. The van der Waals surface area contributed by atoms with Crippen LogP contribution in [0.15, 0.2) is 36.5 Å². The molecule has 4 nitrogen and oxygen atoms in total. The molecule has 1 atom stereocenters. The number of hydrogen-bond acceptors (Lipinski definition) is 1. The van der Waals surface area contributed by atoms with Crippen LogP contribution in [0.3, 0.4) is 0 Å². The van der Waals surface area contributed by atoms with Gasteiger partial charge in [0.2, 0.25) is 0 Å². The van der Waals surface area contributed by atoms with Crippen molar-refractivity contribution >= 4 is 6.03 Å². The fourth-order valence-electron chi connectivity index (χ4n) is 2.36. The summed E-state index contributed by atoms with van der Waals surface area (Å²) >= 11 is 0. The second-order valence-corrected chi connectivity index (χ2v) is 5.72. The molecule has 2 aromatic rings. The maximum atomic E-state index is 13.7. The third kappa shape index (κ3) is 4.31. The molecule has 1 unspecified atom stereocenters. The van der Waals surface area contributed by atoms with E-state index in [1.807, 2.05) is 29.9 Å². The Labute approximate surface area is 134 Å². The number of benzene rings is 1. The van der Waals surface area contributed by atoms with Crippen molar-refractivity contribution in [2.24, 2.45) is 7.05 Å². The first-order valence-electron chi connectivity index (χ1n) is 7.42. The minimum absolute atomic E-state index is 0.236. The van der Waals surface area contributed by atoms with E-state index in [1.54, 1.807) is 18.9 Å². The minimum Gasteiger partial charge on any atom is -0.353 e. The summed E-state index contributed by atoms with van der Waals surface area (Å²) < 4.78 is 28.6. The molecule has 0 aliphatic rings. The molecule has 1 N–H and O–H groups in total. The molecule has 0 fully saturated rings. The second-order valence-electron chi connectivity index (χ2n) is 5.72. The summed E-state index contributed by atoms with van der Waals surface area (Å²) in [6, 6.07) is 7.11. The lowest BCUT2D eigenvalue weighted by Crippen LogP contribution is -2.38. The lowest BCUT2D eigenvalue weighted by atomic mass is 10.0. The zero-order chi connectivity index (χ0) is 17.0. The maximum Gasteiger partial charge on any atom is 0.317 e. The highest BCUT2D eigenvalue weighted by molar-refractivity contribution is 5.73. The molecule has 1 aromatic heterocycles. The van der Waals surface area contributed by atoms with E-state index in [9.17, 15) is 13.6 Å². The summed E-state index contributed by atoms with van der Waals surface area (Å²) in [6.07, 6.45) is 1.92. The van der Waals surface area contributed by atoms with Gasteiger partial charge in [-0.15, -0.1) is 0 Å². The van der Waals surface area contributed by atoms with E-state index in [-0.39, 0.29) is 18.5 Å². The van der Waals surface area contributed by atoms with Gasteiger partial charge in [-0.25, -0.2) is 13.6 Å². The number of rotatable bonds is 5. The molecule has 23 heavy (non-hydrogen) atoms. The minimum atomic E-state index is -0.607. The van der Waals surface area contributed by atoms with Gasteiger partial charge in [0.15, 0.2) is 0 Å². The molecule has 0 bridgehead atoms. The number of carbonyl (C=O) groups excluding carboxylic acids is 1. The van der Waals surface area contributed by atoms with Crippen molar-refractivity contribution in [1.29, 1.82) is 0 Å². The summed E-state index contributed by atoms with van der Waals surface area (Å²) in [5.74, 6) is -1.45. The first-order valence-corrected chi connectivity index (χ1v) is 7.42. The fourth-order valence-corrected chi connectivity index (χ4v) is 2.36. The molecule has 2 rings (SSSR count). The Kier molecular flexibility index (Phi) is 5.36. The number of nitrogens with zero attached hydrogens (tertiary/aromatic N) is 2. The number of urea groups is 1. The zero-order valence-electron chi connectivity index (χ0n) is 13.5. The quantitative estimate of drug-likeness (QED) is 0.902. The van der Waals surface area contributed by atoms with E-state index in [4.69, 9.17) is 0 Å². The van der Waals surface area contributed by atoms with E-state index < -0.39 is 11.6 Å². The number of amides is 2. The van der Waals surface area contributed by atoms with Gasteiger partial charge in [-0.2, -0.15) is 0 Å². The Morgan fingerprint density at radius 3 is 2.70 bits per heavy atom. The molecule has 124 valence electrons. The topological polar surface area (TPSA) is 37.3 Å². The number of aryl methyl sites for hydroxylation is 1. The molecule has 6 heteroatoms. The van der Waals surface area contributed by atoms with Crippen molar-refractivity contribution in [3.8, 4) is 0 Å². The highest BCUT2D eigenvalue weighted by Gasteiger charge is 2.15. The third-order valence-corrected chi connectivity index (χ3v) is 3.85.